The molecule has 0 bridgehead atoms. The van der Waals surface area contributed by atoms with Gasteiger partial charge in [-0.05, 0) is 6.42 Å². The molecule has 100 valence electrons. The van der Waals surface area contributed by atoms with Crippen molar-refractivity contribution in [3.8, 4) is 11.4 Å². The SMILES string of the molecule is CCCn1cc(-c2nc(N)c3c(n2)CCOC3)cn1. The maximum Gasteiger partial charge on any atom is 0.164 e. The first kappa shape index (κ1) is 12.1. The van der Waals surface area contributed by atoms with Crippen molar-refractivity contribution in [2.75, 3.05) is 12.3 Å². The van der Waals surface area contributed by atoms with Crippen LogP contribution in [0.4, 0.5) is 5.82 Å². The Morgan fingerprint density at radius 1 is 1.42 bits per heavy atom. The highest BCUT2D eigenvalue weighted by molar-refractivity contribution is 5.57. The molecule has 3 heterocycles. The van der Waals surface area contributed by atoms with Crippen LogP contribution < -0.4 is 5.73 Å². The number of aryl methyl sites for hydroxylation is 1. The van der Waals surface area contributed by atoms with E-state index in [1.54, 1.807) is 6.20 Å². The lowest BCUT2D eigenvalue weighted by atomic mass is 10.1. The number of fused-ring (bicyclic) bond motifs is 1. The second-order valence-electron chi connectivity index (χ2n) is 4.65. The number of aromatic nitrogens is 4. The summed E-state index contributed by atoms with van der Waals surface area (Å²) in [4.78, 5) is 8.96. The molecule has 0 atom stereocenters. The Morgan fingerprint density at radius 3 is 3.16 bits per heavy atom. The zero-order valence-electron chi connectivity index (χ0n) is 11.0. The molecule has 0 spiro atoms. The largest absolute Gasteiger partial charge is 0.383 e. The van der Waals surface area contributed by atoms with Crippen LogP contribution in [0.15, 0.2) is 12.4 Å². The number of rotatable bonds is 3. The topological polar surface area (TPSA) is 78.9 Å². The summed E-state index contributed by atoms with van der Waals surface area (Å²) in [7, 11) is 0. The molecule has 2 aromatic heterocycles. The first-order valence-electron chi connectivity index (χ1n) is 6.53. The lowest BCUT2D eigenvalue weighted by Crippen LogP contribution is -2.16. The zero-order chi connectivity index (χ0) is 13.2. The highest BCUT2D eigenvalue weighted by Crippen LogP contribution is 2.24. The Balaban J connectivity index is 1.97. The van der Waals surface area contributed by atoms with E-state index >= 15 is 0 Å². The summed E-state index contributed by atoms with van der Waals surface area (Å²) >= 11 is 0. The fourth-order valence-corrected chi connectivity index (χ4v) is 2.22. The molecule has 3 rings (SSSR count). The number of nitrogens with zero attached hydrogens (tertiary/aromatic N) is 4. The molecule has 1 aliphatic heterocycles. The van der Waals surface area contributed by atoms with Gasteiger partial charge in [-0.2, -0.15) is 5.10 Å². The molecule has 2 N–H and O–H groups in total. The van der Waals surface area contributed by atoms with Crippen molar-refractivity contribution in [1.82, 2.24) is 19.7 Å². The summed E-state index contributed by atoms with van der Waals surface area (Å²) in [5.41, 5.74) is 8.82. The quantitative estimate of drug-likeness (QED) is 0.901. The molecule has 0 radical (unpaired) electrons. The highest BCUT2D eigenvalue weighted by Gasteiger charge is 2.17. The molecular weight excluding hydrogens is 242 g/mol. The number of ether oxygens (including phenoxy) is 1. The van der Waals surface area contributed by atoms with Gasteiger partial charge in [0.25, 0.3) is 0 Å². The van der Waals surface area contributed by atoms with E-state index < -0.39 is 0 Å². The predicted molar refractivity (Wildman–Crippen MR) is 71.3 cm³/mol. The van der Waals surface area contributed by atoms with Gasteiger partial charge in [0.1, 0.15) is 5.82 Å². The van der Waals surface area contributed by atoms with Crippen molar-refractivity contribution < 1.29 is 4.74 Å². The molecule has 0 amide bonds. The number of hydrogen-bond acceptors (Lipinski definition) is 5. The summed E-state index contributed by atoms with van der Waals surface area (Å²) in [6.07, 6.45) is 5.59. The van der Waals surface area contributed by atoms with E-state index in [4.69, 9.17) is 10.5 Å². The minimum absolute atomic E-state index is 0.510. The highest BCUT2D eigenvalue weighted by atomic mass is 16.5. The monoisotopic (exact) mass is 259 g/mol. The molecule has 1 aliphatic rings. The van der Waals surface area contributed by atoms with Crippen LogP contribution in [0.5, 0.6) is 0 Å². The van der Waals surface area contributed by atoms with Gasteiger partial charge >= 0.3 is 0 Å². The third kappa shape index (κ3) is 2.31. The average Bonchev–Trinajstić information content (AvgIpc) is 2.88. The second-order valence-corrected chi connectivity index (χ2v) is 4.65. The third-order valence-electron chi connectivity index (χ3n) is 3.20. The Bertz CT molecular complexity index is 593. The van der Waals surface area contributed by atoms with Gasteiger partial charge < -0.3 is 10.5 Å². The van der Waals surface area contributed by atoms with Crippen molar-refractivity contribution in [2.45, 2.75) is 32.9 Å². The van der Waals surface area contributed by atoms with Crippen molar-refractivity contribution in [3.05, 3.63) is 23.7 Å². The molecule has 6 nitrogen and oxygen atoms in total. The van der Waals surface area contributed by atoms with Crippen molar-refractivity contribution in [1.29, 1.82) is 0 Å². The molecule has 0 aliphatic carbocycles. The van der Waals surface area contributed by atoms with Crippen molar-refractivity contribution in [2.24, 2.45) is 0 Å². The normalized spacial score (nSPS) is 14.4. The van der Waals surface area contributed by atoms with Gasteiger partial charge in [0, 0.05) is 24.7 Å². The van der Waals surface area contributed by atoms with Gasteiger partial charge in [-0.1, -0.05) is 6.92 Å². The standard InChI is InChI=1S/C13H17N5O/c1-2-4-18-7-9(6-15-18)13-16-11-3-5-19-8-10(11)12(14)17-13/h6-7H,2-5,8H2,1H3,(H2,14,16,17). The van der Waals surface area contributed by atoms with Gasteiger partial charge in [-0.3, -0.25) is 4.68 Å². The van der Waals surface area contributed by atoms with Gasteiger partial charge in [0.2, 0.25) is 0 Å². The van der Waals surface area contributed by atoms with E-state index in [1.165, 1.54) is 0 Å². The summed E-state index contributed by atoms with van der Waals surface area (Å²) < 4.78 is 7.28. The van der Waals surface area contributed by atoms with Crippen LogP contribution in [0.2, 0.25) is 0 Å². The van der Waals surface area contributed by atoms with Crippen molar-refractivity contribution in [3.63, 3.8) is 0 Å². The van der Waals surface area contributed by atoms with E-state index in [0.717, 1.165) is 36.2 Å². The maximum absolute atomic E-state index is 5.99. The minimum Gasteiger partial charge on any atom is -0.383 e. The Morgan fingerprint density at radius 2 is 2.32 bits per heavy atom. The zero-order valence-corrected chi connectivity index (χ0v) is 11.0. The number of anilines is 1. The Labute approximate surface area is 111 Å². The lowest BCUT2D eigenvalue weighted by molar-refractivity contribution is 0.109. The fraction of sp³-hybridized carbons (Fsp3) is 0.462. The molecule has 0 aromatic carbocycles. The third-order valence-corrected chi connectivity index (χ3v) is 3.20. The molecule has 0 unspecified atom stereocenters. The van der Waals surface area contributed by atoms with Crippen LogP contribution in [0.1, 0.15) is 24.6 Å². The van der Waals surface area contributed by atoms with E-state index in [0.29, 0.717) is 24.9 Å². The van der Waals surface area contributed by atoms with E-state index in [1.807, 2.05) is 10.9 Å². The molecule has 2 aromatic rings. The van der Waals surface area contributed by atoms with Gasteiger partial charge in [-0.25, -0.2) is 9.97 Å². The predicted octanol–water partition coefficient (Wildman–Crippen LogP) is 1.41. The lowest BCUT2D eigenvalue weighted by Gasteiger charge is -2.17. The molecule has 0 saturated heterocycles. The number of hydrogen-bond donors (Lipinski definition) is 1. The maximum atomic E-state index is 5.99. The molecule has 0 fully saturated rings. The van der Waals surface area contributed by atoms with E-state index in [2.05, 4.69) is 22.0 Å². The first-order chi connectivity index (χ1) is 9.28. The number of nitrogens with two attached hydrogens (primary N) is 1. The summed E-state index contributed by atoms with van der Waals surface area (Å²) in [5.74, 6) is 1.17. The minimum atomic E-state index is 0.510. The second kappa shape index (κ2) is 4.97. The first-order valence-corrected chi connectivity index (χ1v) is 6.53. The van der Waals surface area contributed by atoms with Gasteiger partial charge in [0.05, 0.1) is 30.7 Å². The van der Waals surface area contributed by atoms with Gasteiger partial charge in [-0.15, -0.1) is 0 Å². The molecule has 0 saturated carbocycles. The molecule has 6 heteroatoms. The average molecular weight is 259 g/mol. The van der Waals surface area contributed by atoms with E-state index in [-0.39, 0.29) is 0 Å². The Hall–Kier alpha value is -1.95. The Kier molecular flexibility index (Phi) is 3.16. The summed E-state index contributed by atoms with van der Waals surface area (Å²) in [5, 5.41) is 4.30. The van der Waals surface area contributed by atoms with Crippen LogP contribution >= 0.6 is 0 Å². The van der Waals surface area contributed by atoms with Crippen LogP contribution in [-0.4, -0.2) is 26.4 Å². The molecule has 19 heavy (non-hydrogen) atoms. The molecular formula is C13H17N5O. The van der Waals surface area contributed by atoms with Crippen LogP contribution in [0.25, 0.3) is 11.4 Å². The summed E-state index contributed by atoms with van der Waals surface area (Å²) in [6.45, 7) is 4.22. The van der Waals surface area contributed by atoms with Gasteiger partial charge in [0.15, 0.2) is 5.82 Å². The fourth-order valence-electron chi connectivity index (χ4n) is 2.22. The van der Waals surface area contributed by atoms with Crippen LogP contribution in [-0.2, 0) is 24.3 Å². The smallest absolute Gasteiger partial charge is 0.164 e. The summed E-state index contributed by atoms with van der Waals surface area (Å²) in [6, 6.07) is 0. The van der Waals surface area contributed by atoms with Crippen LogP contribution in [0, 0.1) is 0 Å². The van der Waals surface area contributed by atoms with E-state index in [9.17, 15) is 0 Å². The number of nitrogen functional groups attached to an aromatic ring is 1. The van der Waals surface area contributed by atoms with Crippen molar-refractivity contribution >= 4 is 5.82 Å². The van der Waals surface area contributed by atoms with Crippen LogP contribution in [0.3, 0.4) is 0 Å².